The van der Waals surface area contributed by atoms with Gasteiger partial charge in [0.05, 0.1) is 24.2 Å². The van der Waals surface area contributed by atoms with Crippen LogP contribution in [0, 0.1) is 5.92 Å². The molecule has 1 aromatic carbocycles. The minimum Gasteiger partial charge on any atom is -0.381 e. The highest BCUT2D eigenvalue weighted by atomic mass is 16.5. The minimum atomic E-state index is 0.182. The van der Waals surface area contributed by atoms with Gasteiger partial charge in [-0.1, -0.05) is 24.3 Å². The van der Waals surface area contributed by atoms with E-state index in [-0.39, 0.29) is 5.92 Å². The second kappa shape index (κ2) is 10.5. The molecule has 0 unspecified atom stereocenters. The maximum atomic E-state index is 12.7. The maximum absolute atomic E-state index is 12.7. The molecule has 32 heavy (non-hydrogen) atoms. The van der Waals surface area contributed by atoms with E-state index in [1.807, 2.05) is 12.4 Å². The van der Waals surface area contributed by atoms with Crippen molar-refractivity contribution in [2.75, 3.05) is 38.2 Å². The molecule has 0 bridgehead atoms. The Kier molecular flexibility index (Phi) is 7.53. The summed E-state index contributed by atoms with van der Waals surface area (Å²) in [6.07, 6.45) is 8.47. The summed E-state index contributed by atoms with van der Waals surface area (Å²) < 4.78 is 5.42. The Hall–Kier alpha value is -2.31. The zero-order valence-corrected chi connectivity index (χ0v) is 19.7. The van der Waals surface area contributed by atoms with Crippen LogP contribution in [0.25, 0.3) is 11.3 Å². The summed E-state index contributed by atoms with van der Waals surface area (Å²) in [7, 11) is 1.76. The van der Waals surface area contributed by atoms with Gasteiger partial charge in [0.25, 0.3) is 0 Å². The number of ketones is 1. The Labute approximate surface area is 192 Å². The molecule has 2 heterocycles. The van der Waals surface area contributed by atoms with Crippen LogP contribution in [0.2, 0.25) is 0 Å². The molecular formula is C26H36N4O2. The van der Waals surface area contributed by atoms with Crippen LogP contribution in [0.1, 0.15) is 45.1 Å². The van der Waals surface area contributed by atoms with E-state index in [1.165, 1.54) is 0 Å². The molecule has 1 saturated heterocycles. The summed E-state index contributed by atoms with van der Waals surface area (Å²) in [6.45, 7) is 8.60. The van der Waals surface area contributed by atoms with E-state index in [2.05, 4.69) is 57.9 Å². The first-order valence-corrected chi connectivity index (χ1v) is 12.0. The topological polar surface area (TPSA) is 58.6 Å². The number of methoxy groups -OCH3 is 1. The third-order valence-corrected chi connectivity index (χ3v) is 7.10. The Bertz CT molecular complexity index is 866. The van der Waals surface area contributed by atoms with Crippen molar-refractivity contribution in [2.45, 2.75) is 58.1 Å². The lowest BCUT2D eigenvalue weighted by Crippen LogP contribution is -2.49. The van der Waals surface area contributed by atoms with Crippen LogP contribution in [-0.2, 0) is 16.0 Å². The Morgan fingerprint density at radius 1 is 1.00 bits per heavy atom. The summed E-state index contributed by atoms with van der Waals surface area (Å²) in [4.78, 5) is 26.8. The molecule has 2 fully saturated rings. The highest BCUT2D eigenvalue weighted by molar-refractivity contribution is 5.83. The number of hydrogen-bond donors (Lipinski definition) is 0. The summed E-state index contributed by atoms with van der Waals surface area (Å²) >= 11 is 0. The first kappa shape index (κ1) is 22.9. The van der Waals surface area contributed by atoms with Crippen molar-refractivity contribution in [1.29, 1.82) is 0 Å². The van der Waals surface area contributed by atoms with Crippen LogP contribution in [0.5, 0.6) is 0 Å². The summed E-state index contributed by atoms with van der Waals surface area (Å²) in [6, 6.07) is 8.80. The zero-order chi connectivity index (χ0) is 22.5. The van der Waals surface area contributed by atoms with Gasteiger partial charge in [-0.15, -0.1) is 0 Å². The average Bonchev–Trinajstić information content (AvgIpc) is 2.85. The van der Waals surface area contributed by atoms with Crippen LogP contribution in [0.4, 0.5) is 5.82 Å². The van der Waals surface area contributed by atoms with Crippen LogP contribution in [0.3, 0.4) is 0 Å². The number of nitrogens with zero attached hydrogens (tertiary/aromatic N) is 4. The van der Waals surface area contributed by atoms with Crippen LogP contribution in [0.15, 0.2) is 36.7 Å². The highest BCUT2D eigenvalue weighted by Gasteiger charge is 2.26. The van der Waals surface area contributed by atoms with Gasteiger partial charge in [0.1, 0.15) is 11.6 Å². The van der Waals surface area contributed by atoms with Gasteiger partial charge in [-0.25, -0.2) is 4.98 Å². The number of carbonyl (C=O) groups is 1. The predicted octanol–water partition coefficient (Wildman–Crippen LogP) is 3.99. The van der Waals surface area contributed by atoms with E-state index < -0.39 is 0 Å². The lowest BCUT2D eigenvalue weighted by atomic mass is 9.83. The second-order valence-electron chi connectivity index (χ2n) is 9.43. The quantitative estimate of drug-likeness (QED) is 0.654. The van der Waals surface area contributed by atoms with Gasteiger partial charge in [-0.3, -0.25) is 14.7 Å². The molecule has 1 aliphatic carbocycles. The van der Waals surface area contributed by atoms with Crippen molar-refractivity contribution in [2.24, 2.45) is 5.92 Å². The molecule has 1 aliphatic heterocycles. The molecule has 1 saturated carbocycles. The molecule has 172 valence electrons. The fourth-order valence-corrected chi connectivity index (χ4v) is 4.86. The van der Waals surface area contributed by atoms with Gasteiger partial charge < -0.3 is 9.64 Å². The van der Waals surface area contributed by atoms with Crippen molar-refractivity contribution < 1.29 is 9.53 Å². The molecule has 2 aliphatic rings. The number of piperazine rings is 1. The van der Waals surface area contributed by atoms with Crippen molar-refractivity contribution >= 4 is 11.6 Å². The van der Waals surface area contributed by atoms with Gasteiger partial charge in [0.15, 0.2) is 0 Å². The molecule has 0 N–H and O–H groups in total. The van der Waals surface area contributed by atoms with Crippen molar-refractivity contribution in [1.82, 2.24) is 14.9 Å². The smallest absolute Gasteiger partial charge is 0.147 e. The number of anilines is 1. The number of Topliss-reactive ketones (excluding diaryl/α,β-unsaturated/α-hetero) is 1. The van der Waals surface area contributed by atoms with Gasteiger partial charge in [0, 0.05) is 57.2 Å². The predicted molar refractivity (Wildman–Crippen MR) is 128 cm³/mol. The summed E-state index contributed by atoms with van der Waals surface area (Å²) in [5.41, 5.74) is 2.97. The number of carbonyl (C=O) groups excluding carboxylic acids is 1. The minimum absolute atomic E-state index is 0.182. The van der Waals surface area contributed by atoms with E-state index >= 15 is 0 Å². The molecular weight excluding hydrogens is 400 g/mol. The van der Waals surface area contributed by atoms with Crippen LogP contribution >= 0.6 is 0 Å². The van der Waals surface area contributed by atoms with E-state index in [0.717, 1.165) is 74.5 Å². The lowest BCUT2D eigenvalue weighted by molar-refractivity contribution is -0.123. The number of ether oxygens (including phenoxy) is 1. The number of aromatic nitrogens is 2. The standard InChI is InChI=1S/C26H36N4O2/c1-19(2)29-12-14-30(15-13-29)26-18-27-24(17-28-26)21-6-4-20(5-7-21)16-25(31)22-8-10-23(32-3)11-9-22/h4-7,17-19,22-23H,8-16H2,1-3H3. The third kappa shape index (κ3) is 5.54. The molecule has 0 atom stereocenters. The number of hydrogen-bond acceptors (Lipinski definition) is 6. The second-order valence-corrected chi connectivity index (χ2v) is 9.43. The summed E-state index contributed by atoms with van der Waals surface area (Å²) in [5, 5.41) is 0. The molecule has 0 radical (unpaired) electrons. The fraction of sp³-hybridized carbons (Fsp3) is 0.577. The number of rotatable bonds is 7. The average molecular weight is 437 g/mol. The largest absolute Gasteiger partial charge is 0.381 e. The lowest BCUT2D eigenvalue weighted by Gasteiger charge is -2.37. The van der Waals surface area contributed by atoms with Gasteiger partial charge in [-0.05, 0) is 45.1 Å². The molecule has 2 aromatic rings. The van der Waals surface area contributed by atoms with Gasteiger partial charge >= 0.3 is 0 Å². The van der Waals surface area contributed by atoms with E-state index in [1.54, 1.807) is 7.11 Å². The molecule has 6 nitrogen and oxygen atoms in total. The van der Waals surface area contributed by atoms with Crippen molar-refractivity contribution in [3.05, 3.63) is 42.2 Å². The van der Waals surface area contributed by atoms with Crippen molar-refractivity contribution in [3.8, 4) is 11.3 Å². The monoisotopic (exact) mass is 436 g/mol. The van der Waals surface area contributed by atoms with Crippen molar-refractivity contribution in [3.63, 3.8) is 0 Å². The highest BCUT2D eigenvalue weighted by Crippen LogP contribution is 2.28. The molecule has 0 amide bonds. The first-order valence-electron chi connectivity index (χ1n) is 12.0. The molecule has 1 aromatic heterocycles. The van der Waals surface area contributed by atoms with E-state index in [4.69, 9.17) is 4.74 Å². The van der Waals surface area contributed by atoms with Crippen LogP contribution in [-0.4, -0.2) is 66.1 Å². The summed E-state index contributed by atoms with van der Waals surface area (Å²) in [5.74, 6) is 1.48. The fourth-order valence-electron chi connectivity index (χ4n) is 4.86. The Morgan fingerprint density at radius 2 is 1.69 bits per heavy atom. The van der Waals surface area contributed by atoms with Gasteiger partial charge in [-0.2, -0.15) is 0 Å². The normalized spacial score (nSPS) is 22.3. The maximum Gasteiger partial charge on any atom is 0.147 e. The Balaban J connectivity index is 1.31. The van der Waals surface area contributed by atoms with E-state index in [9.17, 15) is 4.79 Å². The van der Waals surface area contributed by atoms with Crippen LogP contribution < -0.4 is 4.90 Å². The molecule has 0 spiro atoms. The van der Waals surface area contributed by atoms with E-state index in [0.29, 0.717) is 24.3 Å². The molecule has 4 rings (SSSR count). The number of benzene rings is 1. The zero-order valence-electron chi connectivity index (χ0n) is 19.7. The van der Waals surface area contributed by atoms with Gasteiger partial charge in [0.2, 0.25) is 0 Å². The third-order valence-electron chi connectivity index (χ3n) is 7.10. The SMILES string of the molecule is COC1CCC(C(=O)Cc2ccc(-c3cnc(N4CCN(C(C)C)CC4)cn3)cc2)CC1. The Morgan fingerprint density at radius 3 is 2.25 bits per heavy atom. The first-order chi connectivity index (χ1) is 15.5. The molecule has 6 heteroatoms.